The quantitative estimate of drug-likeness (QED) is 0.140. The number of nitrogens with two attached hydrogens (primary N) is 2. The number of hydrogen-bond acceptors (Lipinski definition) is 6. The topological polar surface area (TPSA) is 127 Å². The molecule has 8 nitrogen and oxygen atoms in total. The molecule has 4 N–H and O–H groups in total. The van der Waals surface area contributed by atoms with E-state index < -0.39 is 0 Å². The molecule has 6 aromatic rings. The van der Waals surface area contributed by atoms with E-state index in [4.69, 9.17) is 11.5 Å². The third-order valence-electron chi connectivity index (χ3n) is 10.8. The smallest absolute Gasteiger partial charge is 0.266 e. The Bertz CT molecular complexity index is 2510. The van der Waals surface area contributed by atoms with E-state index in [1.807, 2.05) is 52.0 Å². The molecule has 0 bridgehead atoms. The number of imide groups is 2. The third-order valence-corrected chi connectivity index (χ3v) is 10.8. The van der Waals surface area contributed by atoms with Crippen LogP contribution in [0.25, 0.3) is 33.7 Å². The van der Waals surface area contributed by atoms with Gasteiger partial charge in [0.05, 0.1) is 33.6 Å². The Morgan fingerprint density at radius 1 is 0.423 bits per heavy atom. The highest BCUT2D eigenvalue weighted by Gasteiger charge is 2.40. The Balaban J connectivity index is 1.07. The highest BCUT2D eigenvalue weighted by molar-refractivity contribution is 6.37. The van der Waals surface area contributed by atoms with E-state index in [0.29, 0.717) is 45.0 Å². The summed E-state index contributed by atoms with van der Waals surface area (Å²) in [5.41, 5.74) is 23.4. The summed E-state index contributed by atoms with van der Waals surface area (Å²) in [6.45, 7) is 7.43. The van der Waals surface area contributed by atoms with Crippen molar-refractivity contribution in [2.45, 2.75) is 40.5 Å². The van der Waals surface area contributed by atoms with Gasteiger partial charge in [0.1, 0.15) is 0 Å². The number of nitrogens with zero attached hydrogens (tertiary/aromatic N) is 2. The van der Waals surface area contributed by atoms with Gasteiger partial charge in [-0.05, 0) is 167 Å². The first-order valence-corrected chi connectivity index (χ1v) is 17.3. The van der Waals surface area contributed by atoms with Crippen LogP contribution in [0.1, 0.15) is 85.9 Å². The van der Waals surface area contributed by atoms with E-state index >= 15 is 0 Å². The molecule has 0 atom stereocenters. The lowest BCUT2D eigenvalue weighted by Crippen LogP contribution is -2.30. The predicted octanol–water partition coefficient (Wildman–Crippen LogP) is 8.26. The van der Waals surface area contributed by atoms with Crippen molar-refractivity contribution in [3.05, 3.63) is 140 Å². The Morgan fingerprint density at radius 2 is 0.712 bits per heavy atom. The number of carbonyl (C=O) groups is 4. The van der Waals surface area contributed by atoms with Crippen LogP contribution in [0.15, 0.2) is 72.8 Å². The maximum absolute atomic E-state index is 13.7. The van der Waals surface area contributed by atoms with Gasteiger partial charge in [-0.25, -0.2) is 9.80 Å². The van der Waals surface area contributed by atoms with Gasteiger partial charge in [-0.1, -0.05) is 24.3 Å². The number of nitrogen functional groups attached to an aromatic ring is 2. The molecule has 0 radical (unpaired) electrons. The molecule has 0 saturated heterocycles. The first kappa shape index (κ1) is 31.4. The Morgan fingerprint density at radius 3 is 1.02 bits per heavy atom. The van der Waals surface area contributed by atoms with Crippen LogP contribution in [0.3, 0.4) is 0 Å². The van der Waals surface area contributed by atoms with Crippen LogP contribution in [-0.2, 0) is 12.8 Å². The molecule has 0 unspecified atom stereocenters. The molecule has 52 heavy (non-hydrogen) atoms. The fourth-order valence-corrected chi connectivity index (χ4v) is 8.49. The Hall–Kier alpha value is -6.54. The second-order valence-corrected chi connectivity index (χ2v) is 14.3. The van der Waals surface area contributed by atoms with Crippen LogP contribution in [0, 0.1) is 27.7 Å². The normalized spacial score (nSPS) is 14.9. The van der Waals surface area contributed by atoms with Crippen molar-refractivity contribution in [2.24, 2.45) is 0 Å². The van der Waals surface area contributed by atoms with Gasteiger partial charge in [-0.2, -0.15) is 0 Å². The molecule has 0 saturated carbocycles. The van der Waals surface area contributed by atoms with E-state index in [0.717, 1.165) is 78.9 Å². The first-order chi connectivity index (χ1) is 24.9. The molecule has 0 aromatic heterocycles. The molecule has 0 fully saturated rings. The molecule has 0 spiro atoms. The van der Waals surface area contributed by atoms with Gasteiger partial charge in [0.25, 0.3) is 23.6 Å². The first-order valence-electron chi connectivity index (χ1n) is 17.3. The van der Waals surface area contributed by atoms with Gasteiger partial charge in [-0.15, -0.1) is 0 Å². The van der Waals surface area contributed by atoms with Gasteiger partial charge < -0.3 is 11.5 Å². The summed E-state index contributed by atoms with van der Waals surface area (Å²) in [5, 5.41) is 3.55. The summed E-state index contributed by atoms with van der Waals surface area (Å²) >= 11 is 0. The number of fused-ring (bicyclic) bond motifs is 6. The van der Waals surface area contributed by atoms with Gasteiger partial charge >= 0.3 is 0 Å². The molecule has 2 heterocycles. The summed E-state index contributed by atoms with van der Waals surface area (Å²) < 4.78 is 0. The van der Waals surface area contributed by atoms with Crippen LogP contribution in [0.4, 0.5) is 22.7 Å². The molecule has 3 aliphatic rings. The van der Waals surface area contributed by atoms with Crippen LogP contribution in [0.5, 0.6) is 0 Å². The molecular weight excluding hydrogens is 649 g/mol. The van der Waals surface area contributed by atoms with Crippen LogP contribution < -0.4 is 21.3 Å². The highest BCUT2D eigenvalue weighted by atomic mass is 16.2. The van der Waals surface area contributed by atoms with E-state index in [9.17, 15) is 19.2 Å². The van der Waals surface area contributed by atoms with E-state index in [1.54, 1.807) is 24.3 Å². The SMILES string of the molecule is Cc1cc(N)cc(C)c1N1C(=O)c2cc3cc4c(cc3cc2C1=O)CCc1cc2cc3c(cc2cc1C=C4)C(=O)N(c1c(C)cc(N)cc1C)C3=O. The minimum absolute atomic E-state index is 0.334. The number of carbonyl (C=O) groups excluding carboxylic acids is 4. The fourth-order valence-electron chi connectivity index (χ4n) is 8.49. The van der Waals surface area contributed by atoms with Crippen LogP contribution >= 0.6 is 0 Å². The van der Waals surface area contributed by atoms with Crippen molar-refractivity contribution in [1.29, 1.82) is 0 Å². The van der Waals surface area contributed by atoms with Crippen molar-refractivity contribution in [3.8, 4) is 0 Å². The number of hydrogen-bond donors (Lipinski definition) is 2. The second-order valence-electron chi connectivity index (χ2n) is 14.3. The molecule has 6 aromatic carbocycles. The van der Waals surface area contributed by atoms with E-state index in [1.165, 1.54) is 9.80 Å². The monoisotopic (exact) mass is 682 g/mol. The average molecular weight is 683 g/mol. The van der Waals surface area contributed by atoms with E-state index in [-0.39, 0.29) is 23.6 Å². The zero-order valence-corrected chi connectivity index (χ0v) is 29.2. The molecule has 1 aliphatic carbocycles. The maximum atomic E-state index is 13.7. The standard InChI is InChI=1S/C44H34N4O4/c1-21-9-33(45)10-22(2)39(21)47-41(49)35-17-29-13-25-5-7-27-15-31-19-37-38(44(52)48(43(37)51)40-23(3)11-34(46)12-24(40)4)20-32(31)16-28(27)8-6-26(25)14-30(29)18-36(35)42(47)50/h5,7,9-20H,6,8,45-46H2,1-4H3. The molecule has 2 aliphatic heterocycles. The van der Waals surface area contributed by atoms with Crippen LogP contribution in [0.2, 0.25) is 0 Å². The Kier molecular flexibility index (Phi) is 6.64. The summed E-state index contributed by atoms with van der Waals surface area (Å²) in [4.78, 5) is 57.5. The zero-order chi connectivity index (χ0) is 36.3. The minimum Gasteiger partial charge on any atom is -0.399 e. The number of anilines is 4. The molecule has 9 rings (SSSR count). The van der Waals surface area contributed by atoms with Gasteiger partial charge in [0.2, 0.25) is 0 Å². The summed E-state index contributed by atoms with van der Waals surface area (Å²) in [7, 11) is 0. The number of rotatable bonds is 2. The lowest BCUT2D eigenvalue weighted by atomic mass is 9.88. The predicted molar refractivity (Wildman–Crippen MR) is 207 cm³/mol. The third kappa shape index (κ3) is 4.53. The summed E-state index contributed by atoms with van der Waals surface area (Å²) in [6.07, 6.45) is 5.67. The number of amides is 4. The molecular formula is C44H34N4O4. The minimum atomic E-state index is -0.338. The highest BCUT2D eigenvalue weighted by Crippen LogP contribution is 2.39. The maximum Gasteiger partial charge on any atom is 0.266 e. The Labute approximate surface area is 299 Å². The van der Waals surface area contributed by atoms with Crippen LogP contribution in [-0.4, -0.2) is 23.6 Å². The zero-order valence-electron chi connectivity index (χ0n) is 29.2. The largest absolute Gasteiger partial charge is 0.399 e. The fraction of sp³-hybridized carbons (Fsp3) is 0.136. The molecule has 254 valence electrons. The second kappa shape index (κ2) is 11.0. The lowest BCUT2D eigenvalue weighted by molar-refractivity contribution is 0.0910. The van der Waals surface area contributed by atoms with Gasteiger partial charge in [0, 0.05) is 11.4 Å². The summed E-state index contributed by atoms with van der Waals surface area (Å²) in [6, 6.07) is 22.9. The van der Waals surface area contributed by atoms with Crippen molar-refractivity contribution in [3.63, 3.8) is 0 Å². The van der Waals surface area contributed by atoms with Crippen molar-refractivity contribution in [2.75, 3.05) is 21.3 Å². The van der Waals surface area contributed by atoms with Crippen molar-refractivity contribution in [1.82, 2.24) is 0 Å². The number of benzene rings is 6. The van der Waals surface area contributed by atoms with E-state index in [2.05, 4.69) is 36.4 Å². The van der Waals surface area contributed by atoms with Crippen molar-refractivity contribution < 1.29 is 19.2 Å². The van der Waals surface area contributed by atoms with Gasteiger partial charge in [0.15, 0.2) is 0 Å². The molecule has 8 heteroatoms. The summed E-state index contributed by atoms with van der Waals surface area (Å²) in [5.74, 6) is -1.35. The lowest BCUT2D eigenvalue weighted by Gasteiger charge is -2.19. The average Bonchev–Trinajstić information content (AvgIpc) is 3.45. The molecule has 4 amide bonds. The van der Waals surface area contributed by atoms with Gasteiger partial charge in [-0.3, -0.25) is 19.2 Å². The van der Waals surface area contributed by atoms with Crippen molar-refractivity contribution >= 4 is 80.1 Å². The number of aryl methyl sites for hydroxylation is 6.